The molecule has 0 fully saturated rings. The predicted molar refractivity (Wildman–Crippen MR) is 73.3 cm³/mol. The zero-order chi connectivity index (χ0) is 15.7. The summed E-state index contributed by atoms with van der Waals surface area (Å²) < 4.78 is 22.4. The van der Waals surface area contributed by atoms with Crippen LogP contribution in [-0.2, 0) is 37.3 Å². The fourth-order valence-electron chi connectivity index (χ4n) is 4.43. The Bertz CT molecular complexity index is 929. The van der Waals surface area contributed by atoms with Gasteiger partial charge in [-0.2, -0.15) is 0 Å². The van der Waals surface area contributed by atoms with Crippen LogP contribution in [0.5, 0.6) is 5.75 Å². The number of carbonyl (C=O) groups is 2. The van der Waals surface area contributed by atoms with E-state index in [0.717, 1.165) is 16.9 Å². The van der Waals surface area contributed by atoms with Gasteiger partial charge in [0.15, 0.2) is 23.0 Å². The molecular weight excluding hydrogens is 300 g/mol. The third-order valence-corrected chi connectivity index (χ3v) is 5.70. The lowest BCUT2D eigenvalue weighted by Gasteiger charge is -2.17. The Morgan fingerprint density at radius 2 is 2.09 bits per heavy atom. The van der Waals surface area contributed by atoms with Crippen molar-refractivity contribution in [3.05, 3.63) is 39.7 Å². The zero-order valence-electron chi connectivity index (χ0n) is 12.5. The highest BCUT2D eigenvalue weighted by atomic mass is 16.6. The van der Waals surface area contributed by atoms with Crippen molar-refractivity contribution >= 4 is 11.9 Å². The number of hydrogen-bond acceptors (Lipinski definition) is 6. The van der Waals surface area contributed by atoms with Gasteiger partial charge in [-0.25, -0.2) is 4.79 Å². The quantitative estimate of drug-likeness (QED) is 0.773. The highest BCUT2D eigenvalue weighted by molar-refractivity contribution is 6.00. The first-order chi connectivity index (χ1) is 11.0. The van der Waals surface area contributed by atoms with Crippen LogP contribution in [0.4, 0.5) is 0 Å². The van der Waals surface area contributed by atoms with Crippen LogP contribution in [0.2, 0.25) is 0 Å². The Labute approximate surface area is 130 Å². The van der Waals surface area contributed by atoms with Gasteiger partial charge in [-0.3, -0.25) is 4.79 Å². The standard InChI is InChI=1S/C17H12O6/c1-5-10-7(9-13(21-10)11(5)22-15(9)18)3-6-8-4-17(2)14(20-8)12(6)23-16(17)19/h5,10H,3-4H2,1-2H3/t5-,10+,17-/m1/s1. The number of rotatable bonds is 2. The van der Waals surface area contributed by atoms with Crippen LogP contribution < -0.4 is 4.74 Å². The van der Waals surface area contributed by atoms with Crippen molar-refractivity contribution in [1.82, 2.24) is 0 Å². The molecule has 0 unspecified atom stereocenters. The van der Waals surface area contributed by atoms with Crippen LogP contribution in [0.3, 0.4) is 0 Å². The van der Waals surface area contributed by atoms with Crippen molar-refractivity contribution in [1.29, 1.82) is 0 Å². The zero-order valence-corrected chi connectivity index (χ0v) is 12.5. The van der Waals surface area contributed by atoms with E-state index in [4.69, 9.17) is 18.6 Å². The number of furan rings is 1. The maximum atomic E-state index is 12.1. The SMILES string of the molecule is C[C@H]1C2=C3O[C@@H]1C(Cc1c4oc5c1OC(=O)[C@]5(C)C4)=C3C(=O)O2. The minimum atomic E-state index is -0.660. The lowest BCUT2D eigenvalue weighted by Crippen LogP contribution is -2.29. The predicted octanol–water partition coefficient (Wildman–Crippen LogP) is 1.67. The Morgan fingerprint density at radius 3 is 2.91 bits per heavy atom. The fourth-order valence-corrected chi connectivity index (χ4v) is 4.43. The van der Waals surface area contributed by atoms with Crippen LogP contribution in [-0.4, -0.2) is 18.0 Å². The van der Waals surface area contributed by atoms with Crippen LogP contribution in [0.15, 0.2) is 27.1 Å². The monoisotopic (exact) mass is 312 g/mol. The van der Waals surface area contributed by atoms with Crippen molar-refractivity contribution in [2.45, 2.75) is 38.2 Å². The van der Waals surface area contributed by atoms with Gasteiger partial charge in [0.25, 0.3) is 0 Å². The molecule has 23 heavy (non-hydrogen) atoms. The Morgan fingerprint density at radius 1 is 1.26 bits per heavy atom. The summed E-state index contributed by atoms with van der Waals surface area (Å²) >= 11 is 0. The number of fused-ring (bicyclic) bond motifs is 2. The third kappa shape index (κ3) is 1.08. The number of carbonyl (C=O) groups excluding carboxylic acids is 2. The minimum Gasteiger partial charge on any atom is -0.481 e. The second-order valence-electron chi connectivity index (χ2n) is 7.05. The molecule has 3 atom stereocenters. The van der Waals surface area contributed by atoms with E-state index in [1.54, 1.807) is 0 Å². The van der Waals surface area contributed by atoms with E-state index < -0.39 is 5.41 Å². The topological polar surface area (TPSA) is 75.0 Å². The number of hydrogen-bond donors (Lipinski definition) is 0. The summed E-state index contributed by atoms with van der Waals surface area (Å²) in [6, 6.07) is 0. The van der Waals surface area contributed by atoms with E-state index in [0.29, 0.717) is 41.4 Å². The normalized spacial score (nSPS) is 34.7. The maximum absolute atomic E-state index is 12.1. The van der Waals surface area contributed by atoms with Crippen LogP contribution in [0.1, 0.15) is 30.9 Å². The molecule has 0 amide bonds. The Kier molecular flexibility index (Phi) is 1.68. The van der Waals surface area contributed by atoms with E-state index >= 15 is 0 Å². The molecule has 4 bridgehead atoms. The molecule has 1 aromatic heterocycles. The molecule has 116 valence electrons. The van der Waals surface area contributed by atoms with Gasteiger partial charge < -0.3 is 18.6 Å². The van der Waals surface area contributed by atoms with Crippen LogP contribution in [0.25, 0.3) is 0 Å². The van der Waals surface area contributed by atoms with E-state index in [2.05, 4.69) is 0 Å². The van der Waals surface area contributed by atoms with E-state index in [1.165, 1.54) is 0 Å². The molecule has 6 nitrogen and oxygen atoms in total. The highest BCUT2D eigenvalue weighted by Crippen LogP contribution is 2.56. The molecule has 0 aliphatic carbocycles. The minimum absolute atomic E-state index is 0.0364. The summed E-state index contributed by atoms with van der Waals surface area (Å²) in [5, 5.41) is 0. The average molecular weight is 312 g/mol. The smallest absolute Gasteiger partial charge is 0.347 e. The second-order valence-corrected chi connectivity index (χ2v) is 7.05. The van der Waals surface area contributed by atoms with Crippen molar-refractivity contribution in [3.8, 4) is 5.75 Å². The molecule has 0 saturated heterocycles. The summed E-state index contributed by atoms with van der Waals surface area (Å²) in [6.45, 7) is 3.84. The number of ether oxygens (including phenoxy) is 3. The lowest BCUT2D eigenvalue weighted by molar-refractivity contribution is -0.137. The molecular formula is C17H12O6. The fraction of sp³-hybridized carbons (Fsp3) is 0.412. The average Bonchev–Trinajstić information content (AvgIpc) is 3.25. The highest BCUT2D eigenvalue weighted by Gasteiger charge is 2.58. The van der Waals surface area contributed by atoms with Crippen LogP contribution in [0, 0.1) is 5.92 Å². The molecule has 5 aliphatic heterocycles. The van der Waals surface area contributed by atoms with Gasteiger partial charge in [0.1, 0.15) is 22.9 Å². The summed E-state index contributed by atoms with van der Waals surface area (Å²) in [5.74, 6) is 2.66. The first-order valence-electron chi connectivity index (χ1n) is 7.73. The molecule has 1 aromatic rings. The van der Waals surface area contributed by atoms with Crippen molar-refractivity contribution in [2.75, 3.05) is 0 Å². The summed E-state index contributed by atoms with van der Waals surface area (Å²) in [4.78, 5) is 24.2. The van der Waals surface area contributed by atoms with E-state index in [9.17, 15) is 9.59 Å². The van der Waals surface area contributed by atoms with E-state index in [1.807, 2.05) is 13.8 Å². The molecule has 0 spiro atoms. The molecule has 5 aliphatic rings. The number of esters is 2. The van der Waals surface area contributed by atoms with Gasteiger partial charge in [0.2, 0.25) is 0 Å². The van der Waals surface area contributed by atoms with Gasteiger partial charge in [-0.05, 0) is 12.5 Å². The summed E-state index contributed by atoms with van der Waals surface area (Å²) in [7, 11) is 0. The van der Waals surface area contributed by atoms with Gasteiger partial charge in [-0.15, -0.1) is 0 Å². The van der Waals surface area contributed by atoms with Crippen molar-refractivity contribution in [3.63, 3.8) is 0 Å². The van der Waals surface area contributed by atoms with Gasteiger partial charge in [0.05, 0.1) is 5.92 Å². The summed E-state index contributed by atoms with van der Waals surface area (Å²) in [6.07, 6.45) is 0.860. The molecule has 6 heteroatoms. The molecule has 6 rings (SSSR count). The van der Waals surface area contributed by atoms with E-state index in [-0.39, 0.29) is 24.0 Å². The summed E-state index contributed by atoms with van der Waals surface area (Å²) in [5.41, 5.74) is 1.68. The van der Waals surface area contributed by atoms with Gasteiger partial charge in [-0.1, -0.05) is 6.92 Å². The largest absolute Gasteiger partial charge is 0.481 e. The first kappa shape index (κ1) is 12.0. The second kappa shape index (κ2) is 3.22. The first-order valence-corrected chi connectivity index (χ1v) is 7.73. The molecule has 6 heterocycles. The molecule has 0 N–H and O–H groups in total. The van der Waals surface area contributed by atoms with Crippen LogP contribution >= 0.6 is 0 Å². The van der Waals surface area contributed by atoms with Crippen molar-refractivity contribution < 1.29 is 28.2 Å². The van der Waals surface area contributed by atoms with Gasteiger partial charge >= 0.3 is 11.9 Å². The van der Waals surface area contributed by atoms with Crippen molar-refractivity contribution in [2.24, 2.45) is 5.92 Å². The molecule has 0 radical (unpaired) electrons. The molecule has 0 aromatic carbocycles. The third-order valence-electron chi connectivity index (χ3n) is 5.70. The molecule has 0 saturated carbocycles. The lowest BCUT2D eigenvalue weighted by atomic mass is 9.80. The Balaban J connectivity index is 1.48. The Hall–Kier alpha value is -2.50. The van der Waals surface area contributed by atoms with Gasteiger partial charge in [0, 0.05) is 18.4 Å². The maximum Gasteiger partial charge on any atom is 0.347 e.